The Morgan fingerprint density at radius 1 is 1.03 bits per heavy atom. The maximum absolute atomic E-state index is 12.6. The van der Waals surface area contributed by atoms with Crippen LogP contribution in [0.25, 0.3) is 11.1 Å². The number of nitrogen functional groups attached to an aromatic ring is 1. The molecule has 166 valence electrons. The number of benzene rings is 3. The van der Waals surface area contributed by atoms with Crippen LogP contribution in [-0.2, 0) is 14.8 Å². The Balaban J connectivity index is 1.73. The van der Waals surface area contributed by atoms with E-state index in [0.29, 0.717) is 28.9 Å². The molecule has 0 spiro atoms. The Morgan fingerprint density at radius 2 is 1.72 bits per heavy atom. The molecule has 0 bridgehead atoms. The fourth-order valence-electron chi connectivity index (χ4n) is 3.32. The van der Waals surface area contributed by atoms with Crippen molar-refractivity contribution in [1.29, 1.82) is 5.41 Å². The highest BCUT2D eigenvalue weighted by Gasteiger charge is 2.15. The minimum Gasteiger partial charge on any atom is -0.384 e. The molecule has 3 rings (SSSR count). The minimum atomic E-state index is -3.86. The molecule has 0 radical (unpaired) electrons. The topological polar surface area (TPSA) is 142 Å². The van der Waals surface area contributed by atoms with Gasteiger partial charge in [-0.05, 0) is 42.8 Å². The third kappa shape index (κ3) is 5.51. The zero-order valence-electron chi connectivity index (χ0n) is 17.6. The van der Waals surface area contributed by atoms with Crippen molar-refractivity contribution in [2.24, 2.45) is 10.9 Å². The summed E-state index contributed by atoms with van der Waals surface area (Å²) in [7, 11) is -3.86. The number of carbonyl (C=O) groups excluding carboxylic acids is 1. The number of nitrogens with zero attached hydrogens (tertiary/aromatic N) is 1. The van der Waals surface area contributed by atoms with Gasteiger partial charge in [0.1, 0.15) is 5.84 Å². The average Bonchev–Trinajstić information content (AvgIpc) is 2.77. The Morgan fingerprint density at radius 3 is 2.34 bits per heavy atom. The van der Waals surface area contributed by atoms with Gasteiger partial charge in [-0.1, -0.05) is 42.5 Å². The predicted octanol–water partition coefficient (Wildman–Crippen LogP) is 2.75. The van der Waals surface area contributed by atoms with Gasteiger partial charge in [0.25, 0.3) is 0 Å². The first-order chi connectivity index (χ1) is 15.2. The second kappa shape index (κ2) is 9.63. The number of nitrogens with one attached hydrogen (secondary N) is 2. The zero-order chi connectivity index (χ0) is 23.3. The van der Waals surface area contributed by atoms with Crippen LogP contribution in [0.3, 0.4) is 0 Å². The number of hydrogen-bond donors (Lipinski definition) is 4. The van der Waals surface area contributed by atoms with Gasteiger partial charge in [-0.3, -0.25) is 10.2 Å². The average molecular weight is 452 g/mol. The molecular weight excluding hydrogens is 426 g/mol. The Hall–Kier alpha value is -3.69. The molecule has 0 saturated heterocycles. The fraction of sp³-hybridized carbons (Fsp3) is 0.130. The van der Waals surface area contributed by atoms with Gasteiger partial charge in [0.05, 0.1) is 11.4 Å². The van der Waals surface area contributed by atoms with Gasteiger partial charge in [0.15, 0.2) is 0 Å². The van der Waals surface area contributed by atoms with E-state index < -0.39 is 10.0 Å². The van der Waals surface area contributed by atoms with Crippen molar-refractivity contribution in [1.82, 2.24) is 0 Å². The molecule has 0 aromatic heterocycles. The fourth-order valence-corrected chi connectivity index (χ4v) is 4.08. The summed E-state index contributed by atoms with van der Waals surface area (Å²) in [6, 6.07) is 20.5. The first-order valence-corrected chi connectivity index (χ1v) is 11.4. The molecule has 3 aromatic carbocycles. The van der Waals surface area contributed by atoms with E-state index in [4.69, 9.17) is 16.3 Å². The molecule has 0 unspecified atom stereocenters. The highest BCUT2D eigenvalue weighted by atomic mass is 32.2. The molecule has 0 aliphatic carbocycles. The van der Waals surface area contributed by atoms with E-state index in [2.05, 4.69) is 5.32 Å². The first kappa shape index (κ1) is 23.0. The molecule has 0 aliphatic rings. The summed E-state index contributed by atoms with van der Waals surface area (Å²) < 4.78 is 23.7. The van der Waals surface area contributed by atoms with Crippen LogP contribution < -0.4 is 21.1 Å². The lowest BCUT2D eigenvalue weighted by molar-refractivity contribution is -0.115. The number of rotatable bonds is 8. The lowest BCUT2D eigenvalue weighted by Crippen LogP contribution is -2.33. The summed E-state index contributed by atoms with van der Waals surface area (Å²) in [5.41, 5.74) is 8.70. The summed E-state index contributed by atoms with van der Waals surface area (Å²) in [5, 5.41) is 15.7. The van der Waals surface area contributed by atoms with Crippen molar-refractivity contribution in [3.63, 3.8) is 0 Å². The number of nitrogens with two attached hydrogens (primary N) is 2. The Labute approximate surface area is 187 Å². The number of likely N-dealkylation sites (N-methyl/N-ethyl adjacent to an activating group) is 1. The molecule has 0 fully saturated rings. The summed E-state index contributed by atoms with van der Waals surface area (Å²) in [6.45, 7) is 2.65. The molecule has 6 N–H and O–H groups in total. The van der Waals surface area contributed by atoms with Crippen LogP contribution in [0.5, 0.6) is 0 Å². The Bertz CT molecular complexity index is 1240. The SMILES string of the molecule is CCN(CC(=O)Nc1ccc(-c2ccccc2S(N)(=O)=O)cc1)c1cccc(C(=N)N)c1. The maximum Gasteiger partial charge on any atom is 0.243 e. The van der Waals surface area contributed by atoms with Gasteiger partial charge in [-0.25, -0.2) is 13.6 Å². The number of amides is 1. The highest BCUT2D eigenvalue weighted by Crippen LogP contribution is 2.27. The van der Waals surface area contributed by atoms with Crippen LogP contribution in [-0.4, -0.2) is 33.3 Å². The third-order valence-electron chi connectivity index (χ3n) is 4.91. The zero-order valence-corrected chi connectivity index (χ0v) is 18.4. The number of carbonyl (C=O) groups is 1. The molecule has 0 saturated carbocycles. The normalized spacial score (nSPS) is 11.1. The number of sulfonamides is 1. The largest absolute Gasteiger partial charge is 0.384 e. The van der Waals surface area contributed by atoms with Crippen molar-refractivity contribution in [2.75, 3.05) is 23.3 Å². The molecule has 0 atom stereocenters. The van der Waals surface area contributed by atoms with Crippen molar-refractivity contribution >= 4 is 33.1 Å². The van der Waals surface area contributed by atoms with E-state index in [0.717, 1.165) is 5.69 Å². The first-order valence-electron chi connectivity index (χ1n) is 9.90. The van der Waals surface area contributed by atoms with Gasteiger partial charge in [-0.15, -0.1) is 0 Å². The minimum absolute atomic E-state index is 0.0311. The van der Waals surface area contributed by atoms with Crippen LogP contribution in [0.2, 0.25) is 0 Å². The predicted molar refractivity (Wildman–Crippen MR) is 127 cm³/mol. The standard InChI is InChI=1S/C23H25N5O3S/c1-2-28(19-7-5-6-17(14-19)23(24)25)15-22(29)27-18-12-10-16(11-13-18)20-8-3-4-9-21(20)32(26,30)31/h3-14H,2,15H2,1H3,(H3,24,25)(H,27,29)(H2,26,30,31). The van der Waals surface area contributed by atoms with E-state index in [1.165, 1.54) is 6.07 Å². The van der Waals surface area contributed by atoms with Crippen LogP contribution >= 0.6 is 0 Å². The van der Waals surface area contributed by atoms with Gasteiger partial charge in [-0.2, -0.15) is 0 Å². The number of primary sulfonamides is 1. The second-order valence-electron chi connectivity index (χ2n) is 7.14. The molecule has 32 heavy (non-hydrogen) atoms. The highest BCUT2D eigenvalue weighted by molar-refractivity contribution is 7.89. The molecule has 0 heterocycles. The van der Waals surface area contributed by atoms with Crippen LogP contribution in [0.1, 0.15) is 12.5 Å². The monoisotopic (exact) mass is 451 g/mol. The van der Waals surface area contributed by atoms with Crippen LogP contribution in [0, 0.1) is 5.41 Å². The smallest absolute Gasteiger partial charge is 0.243 e. The van der Waals surface area contributed by atoms with Gasteiger partial charge in [0.2, 0.25) is 15.9 Å². The number of anilines is 2. The van der Waals surface area contributed by atoms with E-state index in [-0.39, 0.29) is 23.2 Å². The van der Waals surface area contributed by atoms with Gasteiger partial charge in [0, 0.05) is 29.0 Å². The summed E-state index contributed by atoms with van der Waals surface area (Å²) in [6.07, 6.45) is 0. The lowest BCUT2D eigenvalue weighted by Gasteiger charge is -2.23. The molecule has 1 amide bonds. The van der Waals surface area contributed by atoms with E-state index in [1.807, 2.05) is 17.9 Å². The molecule has 8 nitrogen and oxygen atoms in total. The Kier molecular flexibility index (Phi) is 6.92. The van der Waals surface area contributed by atoms with E-state index >= 15 is 0 Å². The summed E-state index contributed by atoms with van der Waals surface area (Å²) >= 11 is 0. The van der Waals surface area contributed by atoms with Crippen molar-refractivity contribution in [3.8, 4) is 11.1 Å². The molecule has 3 aromatic rings. The summed E-state index contributed by atoms with van der Waals surface area (Å²) in [4.78, 5) is 14.5. The van der Waals surface area contributed by atoms with Crippen LogP contribution in [0.4, 0.5) is 11.4 Å². The number of amidine groups is 1. The second-order valence-corrected chi connectivity index (χ2v) is 8.67. The maximum atomic E-state index is 12.6. The molecular formula is C23H25N5O3S. The van der Waals surface area contributed by atoms with Gasteiger partial charge >= 0.3 is 0 Å². The van der Waals surface area contributed by atoms with Crippen molar-refractivity contribution in [2.45, 2.75) is 11.8 Å². The van der Waals surface area contributed by atoms with E-state index in [9.17, 15) is 13.2 Å². The quantitative estimate of drug-likeness (QED) is 0.308. The van der Waals surface area contributed by atoms with Crippen LogP contribution in [0.15, 0.2) is 77.7 Å². The van der Waals surface area contributed by atoms with Crippen molar-refractivity contribution in [3.05, 3.63) is 78.4 Å². The van der Waals surface area contributed by atoms with Gasteiger partial charge < -0.3 is 16.0 Å². The summed E-state index contributed by atoms with van der Waals surface area (Å²) in [5.74, 6) is -0.241. The number of hydrogen-bond acceptors (Lipinski definition) is 5. The van der Waals surface area contributed by atoms with E-state index in [1.54, 1.807) is 60.7 Å². The van der Waals surface area contributed by atoms with Crippen molar-refractivity contribution < 1.29 is 13.2 Å². The molecule has 9 heteroatoms. The molecule has 0 aliphatic heterocycles. The lowest BCUT2D eigenvalue weighted by atomic mass is 10.1. The third-order valence-corrected chi connectivity index (χ3v) is 5.88.